The molecule has 3 aromatic rings. The normalized spacial score (nSPS) is 13.2. The van der Waals surface area contributed by atoms with Crippen molar-refractivity contribution < 1.29 is 24.1 Å². The summed E-state index contributed by atoms with van der Waals surface area (Å²) in [5, 5.41) is 12.6. The van der Waals surface area contributed by atoms with Crippen molar-refractivity contribution in [2.75, 3.05) is 21.3 Å². The molecule has 0 aliphatic rings. The first-order chi connectivity index (χ1) is 13.6. The highest BCUT2D eigenvalue weighted by Crippen LogP contribution is 2.44. The Hall–Kier alpha value is -2.76. The van der Waals surface area contributed by atoms with Gasteiger partial charge in [0.05, 0.1) is 39.4 Å². The van der Waals surface area contributed by atoms with Gasteiger partial charge < -0.3 is 24.1 Å². The molecule has 2 atom stereocenters. The molecule has 0 heterocycles. The lowest BCUT2D eigenvalue weighted by molar-refractivity contribution is -0.0371. The fraction of sp³-hybridized carbons (Fsp3) is 0.304. The van der Waals surface area contributed by atoms with Crippen molar-refractivity contribution in [2.24, 2.45) is 0 Å². The molecule has 3 aromatic carbocycles. The van der Waals surface area contributed by atoms with E-state index in [9.17, 15) is 5.11 Å². The molecule has 5 heteroatoms. The van der Waals surface area contributed by atoms with Crippen LogP contribution in [0.15, 0.2) is 54.6 Å². The van der Waals surface area contributed by atoms with Crippen molar-refractivity contribution in [2.45, 2.75) is 25.7 Å². The SMILES string of the molecule is COc1c(C(O)[C@@H](C)OCc2ccccc2)cc(OC)c2c(OC)cccc12. The molecule has 0 saturated carbocycles. The molecule has 1 N–H and O–H groups in total. The number of benzene rings is 3. The molecule has 0 aliphatic heterocycles. The molecular weight excluding hydrogens is 356 g/mol. The first-order valence-electron chi connectivity index (χ1n) is 9.15. The van der Waals surface area contributed by atoms with Crippen molar-refractivity contribution in [1.82, 2.24) is 0 Å². The summed E-state index contributed by atoms with van der Waals surface area (Å²) in [5.41, 5.74) is 1.66. The van der Waals surface area contributed by atoms with Gasteiger partial charge in [-0.25, -0.2) is 0 Å². The van der Waals surface area contributed by atoms with Crippen molar-refractivity contribution in [3.63, 3.8) is 0 Å². The third-order valence-corrected chi connectivity index (χ3v) is 4.83. The van der Waals surface area contributed by atoms with Crippen LogP contribution in [0.4, 0.5) is 0 Å². The van der Waals surface area contributed by atoms with E-state index in [2.05, 4.69) is 0 Å². The van der Waals surface area contributed by atoms with E-state index in [1.54, 1.807) is 27.4 Å². The Morgan fingerprint density at radius 2 is 1.57 bits per heavy atom. The molecule has 3 rings (SSSR count). The average Bonchev–Trinajstić information content (AvgIpc) is 2.75. The summed E-state index contributed by atoms with van der Waals surface area (Å²) < 4.78 is 22.6. The van der Waals surface area contributed by atoms with Gasteiger partial charge in [-0.2, -0.15) is 0 Å². The third-order valence-electron chi connectivity index (χ3n) is 4.83. The molecule has 5 nitrogen and oxygen atoms in total. The highest BCUT2D eigenvalue weighted by molar-refractivity contribution is 5.99. The summed E-state index contributed by atoms with van der Waals surface area (Å²) >= 11 is 0. The quantitative estimate of drug-likeness (QED) is 0.621. The van der Waals surface area contributed by atoms with Gasteiger partial charge in [0, 0.05) is 10.9 Å². The maximum absolute atomic E-state index is 11.0. The van der Waals surface area contributed by atoms with Crippen LogP contribution in [-0.4, -0.2) is 32.5 Å². The van der Waals surface area contributed by atoms with Crippen molar-refractivity contribution in [3.05, 3.63) is 65.7 Å². The summed E-state index contributed by atoms with van der Waals surface area (Å²) in [6, 6.07) is 17.3. The monoisotopic (exact) mass is 382 g/mol. The van der Waals surface area contributed by atoms with E-state index in [1.807, 2.05) is 55.5 Å². The van der Waals surface area contributed by atoms with Crippen LogP contribution in [0, 0.1) is 0 Å². The zero-order valence-corrected chi connectivity index (χ0v) is 16.6. The van der Waals surface area contributed by atoms with E-state index in [1.165, 1.54) is 0 Å². The summed E-state index contributed by atoms with van der Waals surface area (Å²) in [6.45, 7) is 2.26. The van der Waals surface area contributed by atoms with Gasteiger partial charge in [-0.3, -0.25) is 0 Å². The van der Waals surface area contributed by atoms with E-state index in [0.29, 0.717) is 29.4 Å². The van der Waals surface area contributed by atoms with E-state index >= 15 is 0 Å². The fourth-order valence-corrected chi connectivity index (χ4v) is 3.33. The first-order valence-corrected chi connectivity index (χ1v) is 9.15. The third kappa shape index (κ3) is 3.91. The molecular formula is C23H26O5. The number of methoxy groups -OCH3 is 3. The van der Waals surface area contributed by atoms with Gasteiger partial charge in [-0.1, -0.05) is 42.5 Å². The number of aliphatic hydroxyl groups is 1. The lowest BCUT2D eigenvalue weighted by Gasteiger charge is -2.24. The Bertz CT molecular complexity index is 923. The molecule has 1 unspecified atom stereocenters. The lowest BCUT2D eigenvalue weighted by atomic mass is 9.97. The zero-order chi connectivity index (χ0) is 20.1. The smallest absolute Gasteiger partial charge is 0.132 e. The van der Waals surface area contributed by atoms with Crippen molar-refractivity contribution in [3.8, 4) is 17.2 Å². The van der Waals surface area contributed by atoms with Gasteiger partial charge in [0.25, 0.3) is 0 Å². The highest BCUT2D eigenvalue weighted by Gasteiger charge is 2.25. The molecule has 0 spiro atoms. The highest BCUT2D eigenvalue weighted by atomic mass is 16.5. The second-order valence-electron chi connectivity index (χ2n) is 6.53. The predicted octanol–water partition coefficient (Wildman–Crippen LogP) is 4.50. The molecule has 0 saturated heterocycles. The Balaban J connectivity index is 1.97. The topological polar surface area (TPSA) is 57.2 Å². The molecule has 28 heavy (non-hydrogen) atoms. The number of ether oxygens (including phenoxy) is 4. The van der Waals surface area contributed by atoms with Crippen LogP contribution < -0.4 is 14.2 Å². The minimum atomic E-state index is -0.886. The Morgan fingerprint density at radius 3 is 2.21 bits per heavy atom. The number of fused-ring (bicyclic) bond motifs is 1. The summed E-state index contributed by atoms with van der Waals surface area (Å²) in [5.74, 6) is 1.87. The maximum atomic E-state index is 11.0. The minimum Gasteiger partial charge on any atom is -0.496 e. The Kier molecular flexibility index (Phi) is 6.39. The van der Waals surface area contributed by atoms with Gasteiger partial charge in [0.15, 0.2) is 0 Å². The Labute approximate surface area is 165 Å². The van der Waals surface area contributed by atoms with Gasteiger partial charge in [-0.05, 0) is 24.6 Å². The lowest BCUT2D eigenvalue weighted by Crippen LogP contribution is -2.19. The van der Waals surface area contributed by atoms with Gasteiger partial charge in [0.2, 0.25) is 0 Å². The Morgan fingerprint density at radius 1 is 0.857 bits per heavy atom. The number of hydrogen-bond donors (Lipinski definition) is 1. The first kappa shape index (κ1) is 20.0. The number of aliphatic hydroxyl groups excluding tert-OH is 1. The van der Waals surface area contributed by atoms with Crippen LogP contribution in [0.5, 0.6) is 17.2 Å². The van der Waals surface area contributed by atoms with Crippen molar-refractivity contribution >= 4 is 10.8 Å². The van der Waals surface area contributed by atoms with Gasteiger partial charge in [0.1, 0.15) is 23.4 Å². The second-order valence-corrected chi connectivity index (χ2v) is 6.53. The van der Waals surface area contributed by atoms with Crippen LogP contribution in [0.1, 0.15) is 24.2 Å². The molecule has 0 aromatic heterocycles. The molecule has 0 aliphatic carbocycles. The summed E-state index contributed by atoms with van der Waals surface area (Å²) in [6.07, 6.45) is -1.33. The minimum absolute atomic E-state index is 0.417. The van der Waals surface area contributed by atoms with E-state index in [4.69, 9.17) is 18.9 Å². The molecule has 148 valence electrons. The largest absolute Gasteiger partial charge is 0.496 e. The number of hydrogen-bond acceptors (Lipinski definition) is 5. The van der Waals surface area contributed by atoms with Crippen molar-refractivity contribution in [1.29, 1.82) is 0 Å². The van der Waals surface area contributed by atoms with Crippen LogP contribution in [0.25, 0.3) is 10.8 Å². The fourth-order valence-electron chi connectivity index (χ4n) is 3.33. The molecule has 0 amide bonds. The van der Waals surface area contributed by atoms with E-state index in [-0.39, 0.29) is 0 Å². The molecule has 0 fully saturated rings. The molecule has 0 bridgehead atoms. The second kappa shape index (κ2) is 8.95. The predicted molar refractivity (Wildman–Crippen MR) is 109 cm³/mol. The summed E-state index contributed by atoms with van der Waals surface area (Å²) in [4.78, 5) is 0. The maximum Gasteiger partial charge on any atom is 0.132 e. The van der Waals surface area contributed by atoms with Gasteiger partial charge in [-0.15, -0.1) is 0 Å². The number of rotatable bonds is 8. The van der Waals surface area contributed by atoms with E-state index < -0.39 is 12.2 Å². The average molecular weight is 382 g/mol. The van der Waals surface area contributed by atoms with Crippen LogP contribution in [0.2, 0.25) is 0 Å². The summed E-state index contributed by atoms with van der Waals surface area (Å²) in [7, 11) is 4.80. The standard InChI is InChI=1S/C23H26O5/c1-15(28-14-16-9-6-5-7-10-16)22(24)18-13-20(26-3)21-17(23(18)27-4)11-8-12-19(21)25-2/h5-13,15,22,24H,14H2,1-4H3/t15-,22?/m1/s1. The van der Waals surface area contributed by atoms with Crippen LogP contribution in [0.3, 0.4) is 0 Å². The zero-order valence-electron chi connectivity index (χ0n) is 16.6. The van der Waals surface area contributed by atoms with Crippen LogP contribution in [-0.2, 0) is 11.3 Å². The van der Waals surface area contributed by atoms with Gasteiger partial charge >= 0.3 is 0 Å². The molecule has 0 radical (unpaired) electrons. The van der Waals surface area contributed by atoms with Crippen LogP contribution >= 0.6 is 0 Å². The van der Waals surface area contributed by atoms with E-state index in [0.717, 1.165) is 16.3 Å².